The number of aromatic amines is 1. The molecule has 158 valence electrons. The highest BCUT2D eigenvalue weighted by atomic mass is 16.1. The Morgan fingerprint density at radius 1 is 1.17 bits per heavy atom. The van der Waals surface area contributed by atoms with Gasteiger partial charge in [0.25, 0.3) is 5.91 Å². The molecule has 2 unspecified atom stereocenters. The molecule has 2 aromatic heterocycles. The minimum absolute atomic E-state index is 0.0815. The minimum atomic E-state index is -0.151. The number of amides is 1. The molecule has 0 aliphatic heterocycles. The normalized spacial score (nSPS) is 23.8. The van der Waals surface area contributed by atoms with E-state index in [2.05, 4.69) is 49.5 Å². The number of nitrogens with one attached hydrogen (secondary N) is 2. The van der Waals surface area contributed by atoms with E-state index < -0.39 is 0 Å². The number of hydrogen-bond acceptors (Lipinski definition) is 5. The van der Waals surface area contributed by atoms with E-state index in [1.165, 1.54) is 44.9 Å². The highest BCUT2D eigenvalue weighted by Crippen LogP contribution is 2.34. The van der Waals surface area contributed by atoms with Crippen LogP contribution in [0.2, 0.25) is 0 Å². The van der Waals surface area contributed by atoms with Gasteiger partial charge in [0.2, 0.25) is 0 Å². The number of hydrogen-bond donors (Lipinski definition) is 2. The summed E-state index contributed by atoms with van der Waals surface area (Å²) < 4.78 is 0. The van der Waals surface area contributed by atoms with Crippen LogP contribution in [0.5, 0.6) is 0 Å². The van der Waals surface area contributed by atoms with Crippen LogP contribution in [0.1, 0.15) is 62.4 Å². The van der Waals surface area contributed by atoms with Crippen molar-refractivity contribution in [3.8, 4) is 0 Å². The van der Waals surface area contributed by atoms with E-state index in [4.69, 9.17) is 0 Å². The van der Waals surface area contributed by atoms with Crippen molar-refractivity contribution >= 4 is 23.9 Å². The lowest BCUT2D eigenvalue weighted by molar-refractivity contribution is 0.0936. The van der Waals surface area contributed by atoms with Crippen LogP contribution in [0, 0.1) is 11.8 Å². The molecule has 7 nitrogen and oxygen atoms in total. The maximum atomic E-state index is 13.0. The Morgan fingerprint density at radius 2 is 2.00 bits per heavy atom. The molecule has 2 heterocycles. The fourth-order valence-electron chi connectivity index (χ4n) is 4.71. The van der Waals surface area contributed by atoms with Gasteiger partial charge in [-0.3, -0.25) is 9.89 Å². The second-order valence-corrected chi connectivity index (χ2v) is 9.08. The fourth-order valence-corrected chi connectivity index (χ4v) is 4.71. The van der Waals surface area contributed by atoms with Gasteiger partial charge in [0, 0.05) is 29.8 Å². The first-order chi connectivity index (χ1) is 14.7. The predicted molar refractivity (Wildman–Crippen MR) is 116 cm³/mol. The Hall–Kier alpha value is -2.70. The molecular formula is C23H30N6O. The largest absolute Gasteiger partial charge is 0.353 e. The third-order valence-electron chi connectivity index (χ3n) is 6.70. The van der Waals surface area contributed by atoms with Crippen LogP contribution in [-0.4, -0.2) is 44.7 Å². The van der Waals surface area contributed by atoms with Crippen molar-refractivity contribution in [1.29, 1.82) is 0 Å². The lowest BCUT2D eigenvalue weighted by Crippen LogP contribution is -2.44. The van der Waals surface area contributed by atoms with E-state index >= 15 is 0 Å². The van der Waals surface area contributed by atoms with E-state index in [9.17, 15) is 4.79 Å². The summed E-state index contributed by atoms with van der Waals surface area (Å²) >= 11 is 0. The summed E-state index contributed by atoms with van der Waals surface area (Å²) in [5, 5.41) is 12.3. The minimum Gasteiger partial charge on any atom is -0.353 e. The topological polar surface area (TPSA) is 86.8 Å². The van der Waals surface area contributed by atoms with Gasteiger partial charge in [-0.2, -0.15) is 5.10 Å². The molecule has 2 atom stereocenters. The molecule has 2 saturated carbocycles. The smallest absolute Gasteiger partial charge is 0.270 e. The van der Waals surface area contributed by atoms with E-state index in [0.717, 1.165) is 28.8 Å². The van der Waals surface area contributed by atoms with Gasteiger partial charge in [0.15, 0.2) is 0 Å². The van der Waals surface area contributed by atoms with Crippen LogP contribution in [-0.2, 0) is 0 Å². The summed E-state index contributed by atoms with van der Waals surface area (Å²) in [7, 11) is 0. The summed E-state index contributed by atoms with van der Waals surface area (Å²) in [6.07, 6.45) is 16.5. The Balaban J connectivity index is 1.34. The molecule has 30 heavy (non-hydrogen) atoms. The summed E-state index contributed by atoms with van der Waals surface area (Å²) in [5.74, 6) is 1.70. The van der Waals surface area contributed by atoms with Crippen LogP contribution in [0.3, 0.4) is 0 Å². The molecule has 7 heteroatoms. The summed E-state index contributed by atoms with van der Waals surface area (Å²) in [6.45, 7) is 3.14. The number of rotatable bonds is 6. The standard InChI is InChI=1S/C23H30N6O/c1-15-9-20-17(12-26-28-20)10-19(15)27-23(30)21-11-22(25-14-24-21)29(13-16-7-8-16)18-5-3-2-4-6-18/h9-12,14-16,18-19,28H,2-8,13H2,1H3,(H,27,30). The van der Waals surface area contributed by atoms with E-state index in [1.54, 1.807) is 12.5 Å². The zero-order chi connectivity index (χ0) is 20.5. The molecule has 2 N–H and O–H groups in total. The monoisotopic (exact) mass is 406 g/mol. The Morgan fingerprint density at radius 3 is 2.80 bits per heavy atom. The average molecular weight is 407 g/mol. The first-order valence-electron chi connectivity index (χ1n) is 11.3. The summed E-state index contributed by atoms with van der Waals surface area (Å²) in [4.78, 5) is 24.3. The molecule has 3 aliphatic carbocycles. The van der Waals surface area contributed by atoms with Gasteiger partial charge in [-0.15, -0.1) is 0 Å². The number of anilines is 1. The van der Waals surface area contributed by atoms with Crippen molar-refractivity contribution < 1.29 is 4.79 Å². The van der Waals surface area contributed by atoms with E-state index in [0.29, 0.717) is 11.7 Å². The molecule has 0 radical (unpaired) electrons. The first kappa shape index (κ1) is 19.3. The van der Waals surface area contributed by atoms with Crippen LogP contribution in [0.4, 0.5) is 5.82 Å². The van der Waals surface area contributed by atoms with Crippen molar-refractivity contribution in [3.63, 3.8) is 0 Å². The van der Waals surface area contributed by atoms with Gasteiger partial charge in [-0.05, 0) is 31.6 Å². The van der Waals surface area contributed by atoms with Crippen molar-refractivity contribution in [3.05, 3.63) is 34.9 Å². The number of fused-ring (bicyclic) bond motifs is 1. The average Bonchev–Trinajstić information content (AvgIpc) is 3.49. The van der Waals surface area contributed by atoms with Crippen LogP contribution >= 0.6 is 0 Å². The first-order valence-corrected chi connectivity index (χ1v) is 11.3. The summed E-state index contributed by atoms with van der Waals surface area (Å²) in [6, 6.07) is 2.33. The van der Waals surface area contributed by atoms with Crippen molar-refractivity contribution in [1.82, 2.24) is 25.5 Å². The third kappa shape index (κ3) is 4.11. The van der Waals surface area contributed by atoms with Crippen molar-refractivity contribution in [2.45, 2.75) is 64.0 Å². The van der Waals surface area contributed by atoms with E-state index in [1.807, 2.05) is 6.07 Å². The molecule has 5 rings (SSSR count). The highest BCUT2D eigenvalue weighted by molar-refractivity contribution is 5.93. The Labute approximate surface area is 176 Å². The predicted octanol–water partition coefficient (Wildman–Crippen LogP) is 1.76. The van der Waals surface area contributed by atoms with Gasteiger partial charge < -0.3 is 10.2 Å². The molecule has 0 saturated heterocycles. The fraction of sp³-hybridized carbons (Fsp3) is 0.565. The number of carbonyl (C=O) groups is 1. The van der Waals surface area contributed by atoms with Gasteiger partial charge in [-0.25, -0.2) is 9.97 Å². The molecule has 0 bridgehead atoms. The molecule has 2 aromatic rings. The molecule has 0 aromatic carbocycles. The zero-order valence-electron chi connectivity index (χ0n) is 17.6. The van der Waals surface area contributed by atoms with E-state index in [-0.39, 0.29) is 17.9 Å². The molecule has 2 fully saturated rings. The maximum Gasteiger partial charge on any atom is 0.270 e. The number of carbonyl (C=O) groups excluding carboxylic acids is 1. The van der Waals surface area contributed by atoms with Gasteiger partial charge in [-0.1, -0.05) is 38.3 Å². The zero-order valence-corrected chi connectivity index (χ0v) is 17.6. The Kier molecular flexibility index (Phi) is 5.27. The van der Waals surface area contributed by atoms with Crippen molar-refractivity contribution in [2.24, 2.45) is 11.8 Å². The second kappa shape index (κ2) is 8.20. The molecule has 0 spiro atoms. The highest BCUT2D eigenvalue weighted by Gasteiger charge is 2.30. The molecule has 1 amide bonds. The third-order valence-corrected chi connectivity index (χ3v) is 6.70. The van der Waals surface area contributed by atoms with Crippen LogP contribution in [0.25, 0.3) is 12.2 Å². The number of H-pyrrole nitrogens is 1. The van der Waals surface area contributed by atoms with Crippen LogP contribution in [0.15, 0.2) is 18.6 Å². The maximum absolute atomic E-state index is 13.0. The lowest BCUT2D eigenvalue weighted by atomic mass is 9.94. The van der Waals surface area contributed by atoms with Gasteiger partial charge in [0.1, 0.15) is 17.8 Å². The molecule has 3 aliphatic rings. The van der Waals surface area contributed by atoms with Crippen molar-refractivity contribution in [2.75, 3.05) is 11.4 Å². The second-order valence-electron chi connectivity index (χ2n) is 9.08. The van der Waals surface area contributed by atoms with Gasteiger partial charge >= 0.3 is 0 Å². The number of aromatic nitrogens is 4. The number of nitrogens with zero attached hydrogens (tertiary/aromatic N) is 4. The Bertz CT molecular complexity index is 1020. The lowest BCUT2D eigenvalue weighted by Gasteiger charge is -2.35. The summed E-state index contributed by atoms with van der Waals surface area (Å²) in [5.41, 5.74) is 0.440. The SMILES string of the molecule is CC1C=c2[nH]ncc2=CC1NC(=O)c1cc(N(CC2CC2)C2CCCCC2)ncn1. The molecular weight excluding hydrogens is 376 g/mol. The van der Waals surface area contributed by atoms with Crippen LogP contribution < -0.4 is 20.8 Å². The van der Waals surface area contributed by atoms with Gasteiger partial charge in [0.05, 0.1) is 17.6 Å². The quantitative estimate of drug-likeness (QED) is 0.763.